The number of morpholine rings is 2. The van der Waals surface area contributed by atoms with Gasteiger partial charge in [0.1, 0.15) is 0 Å². The van der Waals surface area contributed by atoms with E-state index in [0.717, 1.165) is 0 Å². The van der Waals surface area contributed by atoms with Gasteiger partial charge in [0.15, 0.2) is 0 Å². The van der Waals surface area contributed by atoms with Crippen LogP contribution < -0.4 is 15.4 Å². The molecule has 2 fully saturated rings. The molecule has 1 aromatic heterocycles. The number of ether oxygens (including phenoxy) is 2. The van der Waals surface area contributed by atoms with E-state index < -0.39 is 7.60 Å². The molecule has 146 valence electrons. The average Bonchev–Trinajstić information content (AvgIpc) is 2.69. The number of rotatable bonds is 7. The van der Waals surface area contributed by atoms with Crippen molar-refractivity contribution in [3.05, 3.63) is 0 Å². The van der Waals surface area contributed by atoms with Crippen LogP contribution in [0.25, 0.3) is 0 Å². The highest BCUT2D eigenvalue weighted by molar-refractivity contribution is 7.61. The van der Waals surface area contributed by atoms with E-state index in [2.05, 4.69) is 15.0 Å². The van der Waals surface area contributed by atoms with Crippen LogP contribution in [0.1, 0.15) is 13.8 Å². The SMILES string of the molecule is CCOP(=O)(OCC)c1nc(N2CCOCC2)nc(N2CCOCC2)n1. The normalized spacial score (nSPS) is 19.0. The molecule has 3 heterocycles. The number of aromatic nitrogens is 3. The largest absolute Gasteiger partial charge is 0.398 e. The summed E-state index contributed by atoms with van der Waals surface area (Å²) in [7, 11) is -3.61. The van der Waals surface area contributed by atoms with Crippen molar-refractivity contribution >= 4 is 25.1 Å². The Labute approximate surface area is 153 Å². The minimum absolute atomic E-state index is 0.0548. The van der Waals surface area contributed by atoms with Gasteiger partial charge >= 0.3 is 7.60 Å². The second-order valence-corrected chi connectivity index (χ2v) is 7.68. The quantitative estimate of drug-likeness (QED) is 0.613. The number of hydrogen-bond donors (Lipinski definition) is 0. The van der Waals surface area contributed by atoms with Crippen molar-refractivity contribution in [1.82, 2.24) is 15.0 Å². The Morgan fingerprint density at radius 2 is 1.27 bits per heavy atom. The third-order valence-electron chi connectivity index (χ3n) is 4.03. The van der Waals surface area contributed by atoms with E-state index >= 15 is 0 Å². The summed E-state index contributed by atoms with van der Waals surface area (Å²) in [6.07, 6.45) is 0. The first-order valence-electron chi connectivity index (χ1n) is 8.97. The Kier molecular flexibility index (Phi) is 6.77. The molecule has 26 heavy (non-hydrogen) atoms. The van der Waals surface area contributed by atoms with E-state index in [1.54, 1.807) is 13.8 Å². The van der Waals surface area contributed by atoms with Gasteiger partial charge < -0.3 is 28.3 Å². The molecule has 2 saturated heterocycles. The minimum atomic E-state index is -3.61. The van der Waals surface area contributed by atoms with Gasteiger partial charge in [0, 0.05) is 26.2 Å². The van der Waals surface area contributed by atoms with Gasteiger partial charge in [-0.1, -0.05) is 0 Å². The average molecular weight is 387 g/mol. The zero-order valence-electron chi connectivity index (χ0n) is 15.3. The monoisotopic (exact) mass is 387 g/mol. The molecular formula is C15H26N5O5P. The summed E-state index contributed by atoms with van der Waals surface area (Å²) in [6, 6.07) is 0. The van der Waals surface area contributed by atoms with E-state index in [1.807, 2.05) is 9.80 Å². The maximum Gasteiger partial charge on any atom is 0.398 e. The van der Waals surface area contributed by atoms with Gasteiger partial charge in [-0.05, 0) is 13.8 Å². The lowest BCUT2D eigenvalue weighted by atomic mass is 10.4. The lowest BCUT2D eigenvalue weighted by Gasteiger charge is -2.30. The van der Waals surface area contributed by atoms with Gasteiger partial charge in [0.2, 0.25) is 17.5 Å². The zero-order valence-corrected chi connectivity index (χ0v) is 16.2. The van der Waals surface area contributed by atoms with Crippen molar-refractivity contribution in [2.75, 3.05) is 75.6 Å². The van der Waals surface area contributed by atoms with Crippen LogP contribution in [0.2, 0.25) is 0 Å². The van der Waals surface area contributed by atoms with E-state index in [4.69, 9.17) is 18.5 Å². The number of hydrogen-bond acceptors (Lipinski definition) is 10. The highest BCUT2D eigenvalue weighted by Gasteiger charge is 2.33. The molecule has 0 amide bonds. The number of anilines is 2. The Morgan fingerprint density at radius 3 is 1.65 bits per heavy atom. The molecule has 2 aliphatic heterocycles. The van der Waals surface area contributed by atoms with Gasteiger partial charge in [-0.3, -0.25) is 4.57 Å². The van der Waals surface area contributed by atoms with Crippen molar-refractivity contribution < 1.29 is 23.1 Å². The smallest absolute Gasteiger partial charge is 0.378 e. The summed E-state index contributed by atoms with van der Waals surface area (Å²) in [4.78, 5) is 17.5. The highest BCUT2D eigenvalue weighted by Crippen LogP contribution is 2.46. The predicted octanol–water partition coefficient (Wildman–Crippen LogP) is 0.436. The topological polar surface area (TPSA) is 99.1 Å². The van der Waals surface area contributed by atoms with Crippen LogP contribution >= 0.6 is 7.60 Å². The van der Waals surface area contributed by atoms with E-state index in [-0.39, 0.29) is 18.8 Å². The molecule has 10 nitrogen and oxygen atoms in total. The Hall–Kier alpha value is -1.32. The first-order chi connectivity index (χ1) is 12.7. The first kappa shape index (κ1) is 19.4. The second-order valence-electron chi connectivity index (χ2n) is 5.77. The van der Waals surface area contributed by atoms with Gasteiger partial charge in [-0.2, -0.15) is 15.0 Å². The van der Waals surface area contributed by atoms with Gasteiger partial charge in [0.05, 0.1) is 39.6 Å². The third kappa shape index (κ3) is 4.50. The molecule has 0 radical (unpaired) electrons. The molecule has 1 aromatic rings. The molecule has 0 aliphatic carbocycles. The Morgan fingerprint density at radius 1 is 0.846 bits per heavy atom. The van der Waals surface area contributed by atoms with Crippen molar-refractivity contribution in [2.24, 2.45) is 0 Å². The molecule has 0 atom stereocenters. The van der Waals surface area contributed by atoms with Crippen LogP contribution in [0.3, 0.4) is 0 Å². The molecule has 0 spiro atoms. The fourth-order valence-electron chi connectivity index (χ4n) is 2.77. The minimum Gasteiger partial charge on any atom is -0.378 e. The highest BCUT2D eigenvalue weighted by atomic mass is 31.2. The summed E-state index contributed by atoms with van der Waals surface area (Å²) in [6.45, 7) is 9.07. The lowest BCUT2D eigenvalue weighted by Crippen LogP contribution is -2.41. The molecule has 0 N–H and O–H groups in total. The molecule has 0 saturated carbocycles. The van der Waals surface area contributed by atoms with Crippen LogP contribution in [0.15, 0.2) is 0 Å². The zero-order chi connectivity index (χ0) is 18.4. The number of nitrogens with zero attached hydrogens (tertiary/aromatic N) is 5. The summed E-state index contributed by atoms with van der Waals surface area (Å²) >= 11 is 0. The van der Waals surface area contributed by atoms with Crippen molar-refractivity contribution in [1.29, 1.82) is 0 Å². The van der Waals surface area contributed by atoms with Gasteiger partial charge in [-0.25, -0.2) is 0 Å². The summed E-state index contributed by atoms with van der Waals surface area (Å²) in [5, 5.41) is 0. The molecule has 2 aliphatic rings. The van der Waals surface area contributed by atoms with Gasteiger partial charge in [0.25, 0.3) is 0 Å². The molecule has 0 bridgehead atoms. The standard InChI is InChI=1S/C15H26N5O5P/c1-3-24-26(21,25-4-2)15-17-13(19-5-9-22-10-6-19)16-14(18-15)20-7-11-23-12-8-20/h3-12H2,1-2H3. The molecular weight excluding hydrogens is 361 g/mol. The molecule has 11 heteroatoms. The maximum absolute atomic E-state index is 13.2. The lowest BCUT2D eigenvalue weighted by molar-refractivity contribution is 0.121. The molecule has 0 unspecified atom stereocenters. The van der Waals surface area contributed by atoms with Crippen LogP contribution in [0.4, 0.5) is 11.9 Å². The fourth-order valence-corrected chi connectivity index (χ4v) is 4.18. The van der Waals surface area contributed by atoms with E-state index in [9.17, 15) is 4.57 Å². The van der Waals surface area contributed by atoms with Crippen molar-refractivity contribution in [2.45, 2.75) is 13.8 Å². The van der Waals surface area contributed by atoms with Crippen molar-refractivity contribution in [3.63, 3.8) is 0 Å². The van der Waals surface area contributed by atoms with E-state index in [1.165, 1.54) is 0 Å². The van der Waals surface area contributed by atoms with Gasteiger partial charge in [-0.15, -0.1) is 0 Å². The summed E-state index contributed by atoms with van der Waals surface area (Å²) in [5.41, 5.74) is 0.0548. The predicted molar refractivity (Wildman–Crippen MR) is 96.4 cm³/mol. The fraction of sp³-hybridized carbons (Fsp3) is 0.800. The maximum atomic E-state index is 13.2. The van der Waals surface area contributed by atoms with Crippen LogP contribution in [-0.4, -0.2) is 80.8 Å². The van der Waals surface area contributed by atoms with E-state index in [0.29, 0.717) is 64.5 Å². The molecule has 0 aromatic carbocycles. The Bertz CT molecular complexity index is 591. The second kappa shape index (κ2) is 9.05. The van der Waals surface area contributed by atoms with Crippen LogP contribution in [0, 0.1) is 0 Å². The van der Waals surface area contributed by atoms with Crippen LogP contribution in [0.5, 0.6) is 0 Å². The van der Waals surface area contributed by atoms with Crippen molar-refractivity contribution in [3.8, 4) is 0 Å². The first-order valence-corrected chi connectivity index (χ1v) is 10.5. The summed E-state index contributed by atoms with van der Waals surface area (Å²) in [5.74, 6) is 0.943. The molecule has 3 rings (SSSR count). The Balaban J connectivity index is 1.99. The third-order valence-corrected chi connectivity index (χ3v) is 5.92. The summed E-state index contributed by atoms with van der Waals surface area (Å²) < 4.78 is 34.9. The van der Waals surface area contributed by atoms with Crippen LogP contribution in [-0.2, 0) is 23.1 Å².